The predicted octanol–water partition coefficient (Wildman–Crippen LogP) is 2.22. The van der Waals surface area contributed by atoms with Crippen molar-refractivity contribution in [3.63, 3.8) is 0 Å². The molecular formula is C21H25N3O4. The number of aromatic nitrogens is 2. The number of hydrogen-bond donors (Lipinski definition) is 0. The standard InChI is InChI=1S/C21H25N3O4/c25-19(23-12-4-1-5-13-23)14-28-20(26)11-10-18-22-17-7-3-2-6-16(17)21(27)24(18)15-8-9-15/h2-3,6-7,15H,1,4-5,8-14H2. The largest absolute Gasteiger partial charge is 0.456 e. The minimum absolute atomic E-state index is 0.0447. The molecule has 2 aliphatic rings. The molecule has 0 bridgehead atoms. The zero-order valence-electron chi connectivity index (χ0n) is 15.9. The molecule has 0 unspecified atom stereocenters. The summed E-state index contributed by atoms with van der Waals surface area (Å²) in [6.45, 7) is 1.27. The van der Waals surface area contributed by atoms with E-state index in [1.165, 1.54) is 0 Å². The van der Waals surface area contributed by atoms with Gasteiger partial charge in [-0.3, -0.25) is 19.0 Å². The molecule has 7 heteroatoms. The van der Waals surface area contributed by atoms with Crippen molar-refractivity contribution in [1.82, 2.24) is 14.5 Å². The Labute approximate surface area is 163 Å². The van der Waals surface area contributed by atoms with E-state index in [1.54, 1.807) is 15.5 Å². The Morgan fingerprint density at radius 1 is 1.11 bits per heavy atom. The summed E-state index contributed by atoms with van der Waals surface area (Å²) >= 11 is 0. The maximum absolute atomic E-state index is 12.8. The van der Waals surface area contributed by atoms with Crippen molar-refractivity contribution in [2.24, 2.45) is 0 Å². The molecule has 0 spiro atoms. The highest BCUT2D eigenvalue weighted by Gasteiger charge is 2.28. The molecule has 0 atom stereocenters. The summed E-state index contributed by atoms with van der Waals surface area (Å²) in [5.41, 5.74) is 0.602. The van der Waals surface area contributed by atoms with Crippen LogP contribution in [0.5, 0.6) is 0 Å². The lowest BCUT2D eigenvalue weighted by Crippen LogP contribution is -2.38. The maximum atomic E-state index is 12.8. The van der Waals surface area contributed by atoms with Crippen LogP contribution in [-0.4, -0.2) is 46.0 Å². The predicted molar refractivity (Wildman–Crippen MR) is 104 cm³/mol. The SMILES string of the molecule is O=C(CCc1nc2ccccc2c(=O)n1C1CC1)OCC(=O)N1CCCCC1. The van der Waals surface area contributed by atoms with Gasteiger partial charge >= 0.3 is 5.97 Å². The van der Waals surface area contributed by atoms with E-state index >= 15 is 0 Å². The lowest BCUT2D eigenvalue weighted by atomic mass is 10.1. The van der Waals surface area contributed by atoms with E-state index in [1.807, 2.05) is 18.2 Å². The number of hydrogen-bond acceptors (Lipinski definition) is 5. The number of piperidine rings is 1. The number of esters is 1. The van der Waals surface area contributed by atoms with Gasteiger partial charge < -0.3 is 9.64 Å². The molecule has 1 aromatic heterocycles. The van der Waals surface area contributed by atoms with Gasteiger partial charge in [-0.2, -0.15) is 0 Å². The van der Waals surface area contributed by atoms with Gasteiger partial charge in [0.2, 0.25) is 0 Å². The summed E-state index contributed by atoms with van der Waals surface area (Å²) in [6, 6.07) is 7.46. The van der Waals surface area contributed by atoms with Crippen LogP contribution in [0.4, 0.5) is 0 Å². The molecule has 1 saturated heterocycles. The van der Waals surface area contributed by atoms with Gasteiger partial charge in [0.15, 0.2) is 6.61 Å². The second kappa shape index (κ2) is 8.12. The average molecular weight is 383 g/mol. The zero-order chi connectivity index (χ0) is 19.5. The fourth-order valence-electron chi connectivity index (χ4n) is 3.74. The van der Waals surface area contributed by atoms with Crippen molar-refractivity contribution in [2.45, 2.75) is 51.0 Å². The number of carbonyl (C=O) groups is 2. The first kappa shape index (κ1) is 18.7. The lowest BCUT2D eigenvalue weighted by Gasteiger charge is -2.26. The van der Waals surface area contributed by atoms with Gasteiger partial charge in [0, 0.05) is 25.6 Å². The summed E-state index contributed by atoms with van der Waals surface area (Å²) < 4.78 is 6.90. The van der Waals surface area contributed by atoms with Crippen LogP contribution in [0.3, 0.4) is 0 Å². The number of ether oxygens (including phenoxy) is 1. The Bertz CT molecular complexity index is 942. The van der Waals surface area contributed by atoms with Crippen LogP contribution in [0, 0.1) is 0 Å². The fourth-order valence-corrected chi connectivity index (χ4v) is 3.74. The Morgan fingerprint density at radius 2 is 1.86 bits per heavy atom. The Morgan fingerprint density at radius 3 is 2.61 bits per heavy atom. The van der Waals surface area contributed by atoms with Crippen molar-refractivity contribution >= 4 is 22.8 Å². The second-order valence-electron chi connectivity index (χ2n) is 7.55. The van der Waals surface area contributed by atoms with Gasteiger partial charge in [0.25, 0.3) is 11.5 Å². The fraction of sp³-hybridized carbons (Fsp3) is 0.524. The van der Waals surface area contributed by atoms with Gasteiger partial charge in [0.1, 0.15) is 5.82 Å². The number of carbonyl (C=O) groups excluding carboxylic acids is 2. The summed E-state index contributed by atoms with van der Waals surface area (Å²) in [5, 5.41) is 0.604. The molecule has 148 valence electrons. The molecule has 7 nitrogen and oxygen atoms in total. The van der Waals surface area contributed by atoms with E-state index in [-0.39, 0.29) is 30.5 Å². The number of amides is 1. The van der Waals surface area contributed by atoms with Crippen LogP contribution >= 0.6 is 0 Å². The summed E-state index contributed by atoms with van der Waals surface area (Å²) in [5.74, 6) is 0.0485. The lowest BCUT2D eigenvalue weighted by molar-refractivity contribution is -0.152. The van der Waals surface area contributed by atoms with Gasteiger partial charge in [-0.25, -0.2) is 4.98 Å². The van der Waals surface area contributed by atoms with Crippen LogP contribution in [0.1, 0.15) is 50.4 Å². The number of para-hydroxylation sites is 1. The first-order valence-electron chi connectivity index (χ1n) is 10.1. The van der Waals surface area contributed by atoms with Gasteiger partial charge in [0.05, 0.1) is 17.3 Å². The minimum atomic E-state index is -0.435. The van der Waals surface area contributed by atoms with Crippen LogP contribution in [0.25, 0.3) is 10.9 Å². The van der Waals surface area contributed by atoms with Gasteiger partial charge in [-0.1, -0.05) is 12.1 Å². The van der Waals surface area contributed by atoms with Crippen molar-refractivity contribution in [3.8, 4) is 0 Å². The molecule has 1 aromatic carbocycles. The first-order valence-corrected chi connectivity index (χ1v) is 10.1. The highest BCUT2D eigenvalue weighted by molar-refractivity contribution is 5.81. The molecule has 2 heterocycles. The zero-order valence-corrected chi connectivity index (χ0v) is 15.9. The molecule has 0 N–H and O–H groups in total. The topological polar surface area (TPSA) is 81.5 Å². The van der Waals surface area contributed by atoms with Crippen LogP contribution in [0.2, 0.25) is 0 Å². The second-order valence-corrected chi connectivity index (χ2v) is 7.55. The van der Waals surface area contributed by atoms with Crippen molar-refractivity contribution < 1.29 is 14.3 Å². The highest BCUT2D eigenvalue weighted by atomic mass is 16.5. The molecule has 1 aliphatic carbocycles. The van der Waals surface area contributed by atoms with Gasteiger partial charge in [-0.15, -0.1) is 0 Å². The number of fused-ring (bicyclic) bond motifs is 1. The quantitative estimate of drug-likeness (QED) is 0.715. The first-order chi connectivity index (χ1) is 13.6. The number of likely N-dealkylation sites (tertiary alicyclic amines) is 1. The number of rotatable bonds is 6. The molecular weight excluding hydrogens is 358 g/mol. The van der Waals surface area contributed by atoms with E-state index < -0.39 is 5.97 Å². The Kier molecular flexibility index (Phi) is 5.41. The maximum Gasteiger partial charge on any atom is 0.306 e. The molecule has 0 radical (unpaired) electrons. The third-order valence-corrected chi connectivity index (χ3v) is 5.41. The average Bonchev–Trinajstić information content (AvgIpc) is 3.56. The third kappa shape index (κ3) is 4.08. The smallest absolute Gasteiger partial charge is 0.306 e. The Balaban J connectivity index is 1.39. The number of aryl methyl sites for hydroxylation is 1. The van der Waals surface area contributed by atoms with Crippen LogP contribution < -0.4 is 5.56 Å². The molecule has 1 amide bonds. The molecule has 2 aromatic rings. The number of nitrogens with zero attached hydrogens (tertiary/aromatic N) is 3. The van der Waals surface area contributed by atoms with E-state index in [0.29, 0.717) is 23.1 Å². The molecule has 28 heavy (non-hydrogen) atoms. The Hall–Kier alpha value is -2.70. The molecule has 1 saturated carbocycles. The molecule has 1 aliphatic heterocycles. The summed E-state index contributed by atoms with van der Waals surface area (Å²) in [4.78, 5) is 43.4. The summed E-state index contributed by atoms with van der Waals surface area (Å²) in [7, 11) is 0. The normalized spacial score (nSPS) is 16.9. The monoisotopic (exact) mass is 383 g/mol. The third-order valence-electron chi connectivity index (χ3n) is 5.41. The van der Waals surface area contributed by atoms with E-state index in [0.717, 1.165) is 45.2 Å². The van der Waals surface area contributed by atoms with Crippen molar-refractivity contribution in [2.75, 3.05) is 19.7 Å². The van der Waals surface area contributed by atoms with Crippen molar-refractivity contribution in [3.05, 3.63) is 40.4 Å². The summed E-state index contributed by atoms with van der Waals surface area (Å²) in [6.07, 6.45) is 5.50. The number of benzene rings is 1. The molecule has 2 fully saturated rings. The van der Waals surface area contributed by atoms with Crippen LogP contribution in [0.15, 0.2) is 29.1 Å². The van der Waals surface area contributed by atoms with Crippen LogP contribution in [-0.2, 0) is 20.7 Å². The minimum Gasteiger partial charge on any atom is -0.456 e. The van der Waals surface area contributed by atoms with E-state index in [4.69, 9.17) is 4.74 Å². The van der Waals surface area contributed by atoms with E-state index in [2.05, 4.69) is 4.98 Å². The molecule has 4 rings (SSSR count). The van der Waals surface area contributed by atoms with Gasteiger partial charge in [-0.05, 0) is 44.2 Å². The van der Waals surface area contributed by atoms with E-state index in [9.17, 15) is 14.4 Å². The van der Waals surface area contributed by atoms with Crippen molar-refractivity contribution in [1.29, 1.82) is 0 Å². The highest BCUT2D eigenvalue weighted by Crippen LogP contribution is 2.34.